The Hall–Kier alpha value is -1.45. The molecule has 0 saturated carbocycles. The van der Waals surface area contributed by atoms with Crippen LogP contribution in [-0.2, 0) is 6.67 Å². The molecule has 0 bridgehead atoms. The van der Waals surface area contributed by atoms with Crippen molar-refractivity contribution in [2.75, 3.05) is 0 Å². The smallest absolute Gasteiger partial charge is 0.245 e. The quantitative estimate of drug-likeness (QED) is 0.459. The van der Waals surface area contributed by atoms with Crippen molar-refractivity contribution in [2.45, 2.75) is 6.67 Å². The molecule has 4 nitrogen and oxygen atoms in total. The van der Waals surface area contributed by atoms with Gasteiger partial charge >= 0.3 is 5.69 Å². The van der Waals surface area contributed by atoms with Gasteiger partial charge in [-0.15, -0.1) is 0 Å². The van der Waals surface area contributed by atoms with Crippen LogP contribution in [0.1, 0.15) is 5.69 Å². The third-order valence-electron chi connectivity index (χ3n) is 1.46. The highest BCUT2D eigenvalue weighted by molar-refractivity contribution is 5.75. The highest BCUT2D eigenvalue weighted by atomic mass is 16.1. The minimum Gasteiger partial charge on any atom is -0.245 e. The van der Waals surface area contributed by atoms with Gasteiger partial charge in [-0.3, -0.25) is 0 Å². The molecule has 2 rings (SSSR count). The molecule has 1 N–H and O–H groups in total. The van der Waals surface area contributed by atoms with Crippen molar-refractivity contribution in [1.29, 1.82) is 0 Å². The Balaban J connectivity index is 2.77. The van der Waals surface area contributed by atoms with Gasteiger partial charge in [0.05, 0.1) is 12.4 Å². The molecule has 1 aromatic heterocycles. The topological polar surface area (TPSA) is 49.1 Å². The third-order valence-corrected chi connectivity index (χ3v) is 1.46. The first-order valence-electron chi connectivity index (χ1n) is 2.99. The number of fused-ring (bicyclic) bond motifs is 1. The van der Waals surface area contributed by atoms with Crippen LogP contribution in [0.2, 0.25) is 0 Å². The maximum atomic E-state index is 10.9. The van der Waals surface area contributed by atoms with E-state index in [0.717, 1.165) is 5.69 Å². The van der Waals surface area contributed by atoms with E-state index in [0.29, 0.717) is 6.67 Å². The second-order valence-electron chi connectivity index (χ2n) is 2.09. The van der Waals surface area contributed by atoms with Crippen molar-refractivity contribution in [2.24, 2.45) is 4.99 Å². The van der Waals surface area contributed by atoms with Gasteiger partial charge < -0.3 is 0 Å². The highest BCUT2D eigenvalue weighted by Crippen LogP contribution is 1.87. The van der Waals surface area contributed by atoms with Crippen molar-refractivity contribution in [1.82, 2.24) is 4.98 Å². The number of hydrogen-bond donors (Lipinski definition) is 1. The molecule has 0 fully saturated rings. The van der Waals surface area contributed by atoms with E-state index >= 15 is 0 Å². The SMILES string of the molecule is O=c1[nH]ccc2[n+]1CN=C2. The fourth-order valence-electron chi connectivity index (χ4n) is 0.958. The predicted octanol–water partition coefficient (Wildman–Crippen LogP) is -0.948. The molecule has 1 aromatic rings. The fraction of sp³-hybridized carbons (Fsp3) is 0.167. The van der Waals surface area contributed by atoms with Gasteiger partial charge in [0.15, 0.2) is 12.4 Å². The highest BCUT2D eigenvalue weighted by Gasteiger charge is 2.12. The average molecular weight is 136 g/mol. The standard InChI is InChI=1S/C6H5N3O/c10-6-8-2-1-5-3-7-4-9(5)6/h1-3H,4H2/p+1. The van der Waals surface area contributed by atoms with Gasteiger partial charge in [0.1, 0.15) is 0 Å². The van der Waals surface area contributed by atoms with Crippen molar-refractivity contribution < 1.29 is 4.57 Å². The Morgan fingerprint density at radius 1 is 1.70 bits per heavy atom. The van der Waals surface area contributed by atoms with Crippen LogP contribution in [0.4, 0.5) is 0 Å². The van der Waals surface area contributed by atoms with Gasteiger partial charge in [0.25, 0.3) is 0 Å². The molecule has 0 saturated heterocycles. The fourth-order valence-corrected chi connectivity index (χ4v) is 0.958. The second kappa shape index (κ2) is 1.76. The summed E-state index contributed by atoms with van der Waals surface area (Å²) < 4.78 is 1.57. The molecule has 0 spiro atoms. The molecule has 0 aliphatic carbocycles. The summed E-state index contributed by atoms with van der Waals surface area (Å²) in [7, 11) is 0. The van der Waals surface area contributed by atoms with Gasteiger partial charge in [-0.05, 0) is 0 Å². The number of aliphatic imine (C=N–C) groups is 1. The van der Waals surface area contributed by atoms with Gasteiger partial charge in [-0.2, -0.15) is 9.36 Å². The molecule has 0 atom stereocenters. The monoisotopic (exact) mass is 136 g/mol. The Labute approximate surface area is 56.9 Å². The lowest BCUT2D eigenvalue weighted by Crippen LogP contribution is -2.51. The van der Waals surface area contributed by atoms with E-state index in [-0.39, 0.29) is 5.69 Å². The summed E-state index contributed by atoms with van der Waals surface area (Å²) in [5.41, 5.74) is 0.763. The third kappa shape index (κ3) is 0.586. The zero-order valence-corrected chi connectivity index (χ0v) is 5.24. The Bertz CT molecular complexity index is 339. The Kier molecular flexibility index (Phi) is 0.943. The summed E-state index contributed by atoms with van der Waals surface area (Å²) in [6.07, 6.45) is 3.31. The summed E-state index contributed by atoms with van der Waals surface area (Å²) >= 11 is 0. The average Bonchev–Trinajstić information content (AvgIpc) is 2.36. The lowest BCUT2D eigenvalue weighted by atomic mass is 10.4. The number of hydrogen-bond acceptors (Lipinski definition) is 2. The first-order valence-corrected chi connectivity index (χ1v) is 2.99. The molecule has 50 valence electrons. The first kappa shape index (κ1) is 5.34. The molecular formula is C6H6N3O+. The van der Waals surface area contributed by atoms with E-state index in [1.807, 2.05) is 6.07 Å². The van der Waals surface area contributed by atoms with Crippen molar-refractivity contribution >= 4 is 6.21 Å². The molecule has 1 aliphatic rings. The Morgan fingerprint density at radius 3 is 3.40 bits per heavy atom. The van der Waals surface area contributed by atoms with Crippen LogP contribution in [-0.4, -0.2) is 11.2 Å². The number of aromatic amines is 1. The molecule has 0 amide bonds. The first-order chi connectivity index (χ1) is 4.88. The lowest BCUT2D eigenvalue weighted by Gasteiger charge is -1.87. The molecule has 2 heterocycles. The summed E-state index contributed by atoms with van der Waals surface area (Å²) in [6, 6.07) is 1.82. The minimum atomic E-state index is -0.102. The van der Waals surface area contributed by atoms with E-state index in [9.17, 15) is 4.79 Å². The maximum Gasteiger partial charge on any atom is 0.497 e. The minimum absolute atomic E-state index is 0.102. The zero-order chi connectivity index (χ0) is 6.97. The number of aromatic nitrogens is 2. The maximum absolute atomic E-state index is 10.9. The number of rotatable bonds is 0. The number of nitrogens with one attached hydrogen (secondary N) is 1. The van der Waals surface area contributed by atoms with Crippen molar-refractivity contribution in [3.8, 4) is 0 Å². The van der Waals surface area contributed by atoms with Gasteiger partial charge in [0.2, 0.25) is 0 Å². The summed E-state index contributed by atoms with van der Waals surface area (Å²) in [5.74, 6) is 0. The van der Waals surface area contributed by atoms with E-state index in [2.05, 4.69) is 9.98 Å². The molecular weight excluding hydrogens is 130 g/mol. The number of H-pyrrole nitrogens is 1. The van der Waals surface area contributed by atoms with E-state index in [1.165, 1.54) is 0 Å². The van der Waals surface area contributed by atoms with Gasteiger partial charge in [-0.25, -0.2) is 9.98 Å². The molecule has 1 aliphatic heterocycles. The molecule has 0 radical (unpaired) electrons. The van der Waals surface area contributed by atoms with Crippen LogP contribution in [0.3, 0.4) is 0 Å². The summed E-state index contributed by atoms with van der Waals surface area (Å²) in [6.45, 7) is 0.450. The van der Waals surface area contributed by atoms with E-state index in [4.69, 9.17) is 0 Å². The van der Waals surface area contributed by atoms with E-state index in [1.54, 1.807) is 17.0 Å². The molecule has 4 heteroatoms. The summed E-state index contributed by atoms with van der Waals surface area (Å²) in [4.78, 5) is 17.4. The molecule has 0 unspecified atom stereocenters. The van der Waals surface area contributed by atoms with Crippen LogP contribution < -0.4 is 10.3 Å². The van der Waals surface area contributed by atoms with Crippen LogP contribution in [0.5, 0.6) is 0 Å². The van der Waals surface area contributed by atoms with Gasteiger partial charge in [-0.1, -0.05) is 0 Å². The second-order valence-corrected chi connectivity index (χ2v) is 2.09. The van der Waals surface area contributed by atoms with Crippen LogP contribution in [0.25, 0.3) is 0 Å². The summed E-state index contributed by atoms with van der Waals surface area (Å²) in [5, 5.41) is 0. The molecule has 0 aromatic carbocycles. The Morgan fingerprint density at radius 2 is 2.60 bits per heavy atom. The zero-order valence-electron chi connectivity index (χ0n) is 5.24. The van der Waals surface area contributed by atoms with Crippen LogP contribution in [0.15, 0.2) is 22.1 Å². The predicted molar refractivity (Wildman–Crippen MR) is 34.9 cm³/mol. The normalized spacial score (nSPS) is 13.6. The van der Waals surface area contributed by atoms with Gasteiger partial charge in [0, 0.05) is 6.07 Å². The van der Waals surface area contributed by atoms with Crippen molar-refractivity contribution in [3.05, 3.63) is 28.4 Å². The number of nitrogens with zero attached hydrogens (tertiary/aromatic N) is 2. The lowest BCUT2D eigenvalue weighted by molar-refractivity contribution is -0.708. The van der Waals surface area contributed by atoms with Crippen LogP contribution >= 0.6 is 0 Å². The van der Waals surface area contributed by atoms with Crippen LogP contribution in [0, 0.1) is 0 Å². The molecule has 10 heavy (non-hydrogen) atoms. The largest absolute Gasteiger partial charge is 0.497 e. The van der Waals surface area contributed by atoms with Crippen molar-refractivity contribution in [3.63, 3.8) is 0 Å². The van der Waals surface area contributed by atoms with E-state index < -0.39 is 0 Å².